The molecule has 0 atom stereocenters. The van der Waals surface area contributed by atoms with Gasteiger partial charge in [-0.2, -0.15) is 0 Å². The fourth-order valence-electron chi connectivity index (χ4n) is 3.99. The van der Waals surface area contributed by atoms with Crippen LogP contribution in [0, 0.1) is 0 Å². The Morgan fingerprint density at radius 1 is 1.06 bits per heavy atom. The van der Waals surface area contributed by atoms with Gasteiger partial charge in [-0.05, 0) is 50.2 Å². The van der Waals surface area contributed by atoms with Gasteiger partial charge in [-0.15, -0.1) is 11.3 Å². The van der Waals surface area contributed by atoms with Crippen molar-refractivity contribution in [3.05, 3.63) is 56.5 Å². The van der Waals surface area contributed by atoms with E-state index in [-0.39, 0.29) is 0 Å². The van der Waals surface area contributed by atoms with Crippen LogP contribution in [-0.4, -0.2) is 35.2 Å². The van der Waals surface area contributed by atoms with Crippen LogP contribution in [0.4, 0.5) is 5.82 Å². The number of nitrogens with zero attached hydrogens (tertiary/aromatic N) is 3. The lowest BCUT2D eigenvalue weighted by atomic mass is 9.99. The van der Waals surface area contributed by atoms with E-state index in [1.165, 1.54) is 5.01 Å². The summed E-state index contributed by atoms with van der Waals surface area (Å²) in [7, 11) is 1.59. The first-order chi connectivity index (χ1) is 16.5. The maximum atomic E-state index is 6.25. The van der Waals surface area contributed by atoms with Crippen molar-refractivity contribution in [2.45, 2.75) is 25.4 Å². The zero-order valence-corrected chi connectivity index (χ0v) is 20.8. The fourth-order valence-corrected chi connectivity index (χ4v) is 5.27. The number of aromatic nitrogens is 3. The normalized spacial score (nSPS) is 14.4. The van der Waals surface area contributed by atoms with E-state index in [1.54, 1.807) is 42.7 Å². The predicted octanol–water partition coefficient (Wildman–Crippen LogP) is 5.70. The minimum Gasteiger partial charge on any atom is -0.493 e. The summed E-state index contributed by atoms with van der Waals surface area (Å²) in [6.45, 7) is 2.42. The van der Waals surface area contributed by atoms with Gasteiger partial charge in [0, 0.05) is 28.3 Å². The number of nitrogens with one attached hydrogen (secondary N) is 1. The molecule has 4 aromatic rings. The van der Waals surface area contributed by atoms with E-state index >= 15 is 0 Å². The number of benzene rings is 2. The molecule has 2 aromatic heterocycles. The van der Waals surface area contributed by atoms with Crippen molar-refractivity contribution in [2.75, 3.05) is 25.9 Å². The first kappa shape index (κ1) is 23.1. The molecule has 2 aromatic carbocycles. The predicted molar refractivity (Wildman–Crippen MR) is 137 cm³/mol. The smallest absolute Gasteiger partial charge is 0.163 e. The molecule has 1 aliphatic rings. The Balaban J connectivity index is 1.42. The third-order valence-corrected chi connectivity index (χ3v) is 7.62. The van der Waals surface area contributed by atoms with E-state index in [2.05, 4.69) is 20.7 Å². The molecule has 1 fully saturated rings. The van der Waals surface area contributed by atoms with Gasteiger partial charge in [0.2, 0.25) is 0 Å². The van der Waals surface area contributed by atoms with Crippen LogP contribution in [-0.2, 0) is 6.61 Å². The summed E-state index contributed by atoms with van der Waals surface area (Å²) in [5.41, 5.74) is 8.51. The standard InChI is InChI=1S/C24H23Cl2N5O2S/c1-32-20-9-16-19(30-23(31-22(16)27)14-2-3-17(25)18(26)8-14)10-21(20)33-11-15-12-34-24(29-15)13-4-6-28-7-5-13/h2-3,8-10,12-13,28H,4-7,11H2,1H3,(H2,27,30,31). The first-order valence-corrected chi connectivity index (χ1v) is 12.5. The van der Waals surface area contributed by atoms with Crippen molar-refractivity contribution in [1.29, 1.82) is 0 Å². The summed E-state index contributed by atoms with van der Waals surface area (Å²) < 4.78 is 11.7. The van der Waals surface area contributed by atoms with Gasteiger partial charge in [-0.3, -0.25) is 0 Å². The maximum Gasteiger partial charge on any atom is 0.163 e. The lowest BCUT2D eigenvalue weighted by Gasteiger charge is -2.20. The summed E-state index contributed by atoms with van der Waals surface area (Å²) in [5, 5.41) is 8.20. The Kier molecular flexibility index (Phi) is 6.74. The number of hydrogen-bond donors (Lipinski definition) is 2. The van der Waals surface area contributed by atoms with Crippen molar-refractivity contribution in [3.63, 3.8) is 0 Å². The van der Waals surface area contributed by atoms with Crippen LogP contribution in [0.15, 0.2) is 35.7 Å². The first-order valence-electron chi connectivity index (χ1n) is 10.9. The summed E-state index contributed by atoms with van der Waals surface area (Å²) in [4.78, 5) is 13.9. The largest absolute Gasteiger partial charge is 0.493 e. The lowest BCUT2D eigenvalue weighted by Crippen LogP contribution is -2.26. The molecule has 176 valence electrons. The number of methoxy groups -OCH3 is 1. The third-order valence-electron chi connectivity index (χ3n) is 5.82. The Morgan fingerprint density at radius 2 is 1.88 bits per heavy atom. The number of halogens is 2. The quantitative estimate of drug-likeness (QED) is 0.340. The lowest BCUT2D eigenvalue weighted by molar-refractivity contribution is 0.281. The van der Waals surface area contributed by atoms with Gasteiger partial charge < -0.3 is 20.5 Å². The van der Waals surface area contributed by atoms with E-state index in [9.17, 15) is 0 Å². The Labute approximate surface area is 211 Å². The zero-order chi connectivity index (χ0) is 23.7. The molecule has 0 bridgehead atoms. The van der Waals surface area contributed by atoms with Crippen molar-refractivity contribution < 1.29 is 9.47 Å². The minimum absolute atomic E-state index is 0.335. The second kappa shape index (κ2) is 9.92. The van der Waals surface area contributed by atoms with Gasteiger partial charge in [0.05, 0.1) is 33.4 Å². The minimum atomic E-state index is 0.335. The van der Waals surface area contributed by atoms with Crippen molar-refractivity contribution in [1.82, 2.24) is 20.3 Å². The topological polar surface area (TPSA) is 95.2 Å². The number of nitrogen functional groups attached to an aromatic ring is 1. The number of ether oxygens (including phenoxy) is 2. The number of thiazole rings is 1. The van der Waals surface area contributed by atoms with E-state index in [4.69, 9.17) is 43.4 Å². The van der Waals surface area contributed by atoms with E-state index in [0.29, 0.717) is 62.2 Å². The number of anilines is 1. The number of hydrogen-bond acceptors (Lipinski definition) is 8. The van der Waals surface area contributed by atoms with E-state index in [0.717, 1.165) is 31.6 Å². The molecule has 0 radical (unpaired) electrons. The van der Waals surface area contributed by atoms with E-state index in [1.807, 2.05) is 6.07 Å². The van der Waals surface area contributed by atoms with E-state index < -0.39 is 0 Å². The van der Waals surface area contributed by atoms with Gasteiger partial charge in [-0.25, -0.2) is 15.0 Å². The number of piperidine rings is 1. The van der Waals surface area contributed by atoms with Crippen LogP contribution in [0.25, 0.3) is 22.3 Å². The summed E-state index contributed by atoms with van der Waals surface area (Å²) in [6.07, 6.45) is 2.24. The highest BCUT2D eigenvalue weighted by Crippen LogP contribution is 2.36. The van der Waals surface area contributed by atoms with Gasteiger partial charge in [0.25, 0.3) is 0 Å². The SMILES string of the molecule is COc1cc2c(N)nc(-c3ccc(Cl)c(Cl)c3)nc2cc1OCc1csc(C2CCNCC2)n1. The number of rotatable bonds is 6. The fraction of sp³-hybridized carbons (Fsp3) is 0.292. The molecule has 1 saturated heterocycles. The summed E-state index contributed by atoms with van der Waals surface area (Å²) in [6, 6.07) is 8.83. The molecule has 10 heteroatoms. The third kappa shape index (κ3) is 4.77. The molecule has 0 spiro atoms. The molecular weight excluding hydrogens is 493 g/mol. The Hall–Kier alpha value is -2.65. The molecular formula is C24H23Cl2N5O2S. The average Bonchev–Trinajstić information content (AvgIpc) is 3.33. The van der Waals surface area contributed by atoms with Crippen LogP contribution in [0.5, 0.6) is 11.5 Å². The zero-order valence-electron chi connectivity index (χ0n) is 18.5. The summed E-state index contributed by atoms with van der Waals surface area (Å²) >= 11 is 13.9. The summed E-state index contributed by atoms with van der Waals surface area (Å²) in [5.74, 6) is 2.42. The molecule has 0 aliphatic carbocycles. The van der Waals surface area contributed by atoms with Crippen LogP contribution < -0.4 is 20.5 Å². The monoisotopic (exact) mass is 515 g/mol. The van der Waals surface area contributed by atoms with Gasteiger partial charge in [-0.1, -0.05) is 23.2 Å². The molecule has 1 aliphatic heterocycles. The molecule has 34 heavy (non-hydrogen) atoms. The van der Waals surface area contributed by atoms with Gasteiger partial charge in [0.15, 0.2) is 17.3 Å². The van der Waals surface area contributed by atoms with Crippen molar-refractivity contribution >= 4 is 51.3 Å². The Morgan fingerprint density at radius 3 is 2.65 bits per heavy atom. The molecule has 7 nitrogen and oxygen atoms in total. The van der Waals surface area contributed by atoms with Crippen molar-refractivity contribution in [3.8, 4) is 22.9 Å². The molecule has 5 rings (SSSR count). The molecule has 3 N–H and O–H groups in total. The van der Waals surface area contributed by atoms with Crippen LogP contribution in [0.1, 0.15) is 29.5 Å². The second-order valence-corrected chi connectivity index (χ2v) is 9.78. The highest BCUT2D eigenvalue weighted by molar-refractivity contribution is 7.09. The average molecular weight is 516 g/mol. The highest BCUT2D eigenvalue weighted by atomic mass is 35.5. The maximum absolute atomic E-state index is 6.25. The molecule has 0 amide bonds. The van der Waals surface area contributed by atoms with Crippen LogP contribution >= 0.6 is 34.5 Å². The number of fused-ring (bicyclic) bond motifs is 1. The molecule has 3 heterocycles. The number of nitrogens with two attached hydrogens (primary N) is 1. The second-order valence-electron chi connectivity index (χ2n) is 8.07. The van der Waals surface area contributed by atoms with Gasteiger partial charge in [0.1, 0.15) is 12.4 Å². The van der Waals surface area contributed by atoms with Crippen LogP contribution in [0.2, 0.25) is 10.0 Å². The Bertz CT molecular complexity index is 1340. The van der Waals surface area contributed by atoms with Gasteiger partial charge >= 0.3 is 0 Å². The van der Waals surface area contributed by atoms with Crippen molar-refractivity contribution in [2.24, 2.45) is 0 Å². The molecule has 0 unspecified atom stereocenters. The van der Waals surface area contributed by atoms with Crippen LogP contribution in [0.3, 0.4) is 0 Å². The highest BCUT2D eigenvalue weighted by Gasteiger charge is 2.19. The molecule has 0 saturated carbocycles.